The standard InChI is InChI=1S/C6H9NOS/c1-7-3-2-5-9(7)6-4-8/h2-5H,6H2,1H3. The molecule has 1 aliphatic rings. The predicted molar refractivity (Wildman–Crippen MR) is 41.5 cm³/mol. The van der Waals surface area contributed by atoms with Gasteiger partial charge < -0.3 is 9.10 Å². The van der Waals surface area contributed by atoms with Crippen molar-refractivity contribution >= 4 is 22.3 Å². The molecule has 0 saturated carbocycles. The summed E-state index contributed by atoms with van der Waals surface area (Å²) in [5, 5.41) is 2.05. The van der Waals surface area contributed by atoms with Crippen LogP contribution in [0.4, 0.5) is 0 Å². The van der Waals surface area contributed by atoms with Gasteiger partial charge in [-0.25, -0.2) is 0 Å². The van der Waals surface area contributed by atoms with E-state index in [1.54, 1.807) is 0 Å². The van der Waals surface area contributed by atoms with Crippen LogP contribution in [0.25, 0.3) is 0 Å². The Morgan fingerprint density at radius 1 is 1.78 bits per heavy atom. The molecule has 0 aromatic carbocycles. The van der Waals surface area contributed by atoms with Crippen LogP contribution in [0.1, 0.15) is 0 Å². The minimum absolute atomic E-state index is 0.0571. The number of carbonyl (C=O) groups is 1. The van der Waals surface area contributed by atoms with Crippen LogP contribution in [-0.4, -0.2) is 28.8 Å². The Hall–Kier alpha value is -0.570. The molecular weight excluding hydrogens is 134 g/mol. The fraction of sp³-hybridized carbons (Fsp3) is 0.333. The molecule has 0 aromatic heterocycles. The van der Waals surface area contributed by atoms with E-state index in [0.717, 1.165) is 6.29 Å². The average molecular weight is 143 g/mol. The van der Waals surface area contributed by atoms with Gasteiger partial charge in [-0.05, 0) is 11.4 Å². The molecule has 0 spiro atoms. The van der Waals surface area contributed by atoms with Crippen LogP contribution in [0.5, 0.6) is 0 Å². The smallest absolute Gasteiger partial charge is 0.131 e. The molecule has 0 amide bonds. The van der Waals surface area contributed by atoms with Crippen molar-refractivity contribution in [3.63, 3.8) is 0 Å². The fourth-order valence-corrected chi connectivity index (χ4v) is 1.82. The predicted octanol–water partition coefficient (Wildman–Crippen LogP) is 0.631. The van der Waals surface area contributed by atoms with Gasteiger partial charge in [-0.3, -0.25) is 0 Å². The van der Waals surface area contributed by atoms with E-state index in [9.17, 15) is 4.79 Å². The number of carbonyl (C=O) groups excluding carboxylic acids is 1. The van der Waals surface area contributed by atoms with E-state index < -0.39 is 0 Å². The second kappa shape index (κ2) is 2.82. The molecule has 0 fully saturated rings. The maximum absolute atomic E-state index is 10.0. The summed E-state index contributed by atoms with van der Waals surface area (Å²) in [6, 6.07) is 0. The molecule has 1 atom stereocenters. The Bertz CT molecular complexity index is 174. The second-order valence-corrected chi connectivity index (χ2v) is 3.74. The van der Waals surface area contributed by atoms with E-state index in [1.807, 2.05) is 19.3 Å². The first kappa shape index (κ1) is 6.55. The normalized spacial score (nSPS) is 24.1. The van der Waals surface area contributed by atoms with Gasteiger partial charge in [-0.15, -0.1) is 0 Å². The highest BCUT2D eigenvalue weighted by atomic mass is 32.2. The second-order valence-electron chi connectivity index (χ2n) is 1.76. The van der Waals surface area contributed by atoms with Crippen LogP contribution in [0.2, 0.25) is 0 Å². The molecule has 50 valence electrons. The third-order valence-electron chi connectivity index (χ3n) is 1.14. The van der Waals surface area contributed by atoms with Crippen molar-refractivity contribution in [2.24, 2.45) is 0 Å². The summed E-state index contributed by atoms with van der Waals surface area (Å²) >= 11 is 0. The zero-order valence-corrected chi connectivity index (χ0v) is 6.10. The van der Waals surface area contributed by atoms with Crippen LogP contribution in [0.3, 0.4) is 0 Å². The molecule has 2 nitrogen and oxygen atoms in total. The lowest BCUT2D eigenvalue weighted by molar-refractivity contribution is -0.105. The molecule has 0 aromatic rings. The maximum atomic E-state index is 10.0. The molecule has 0 bridgehead atoms. The summed E-state index contributed by atoms with van der Waals surface area (Å²) in [4.78, 5) is 10.0. The zero-order chi connectivity index (χ0) is 6.69. The van der Waals surface area contributed by atoms with Crippen LogP contribution in [-0.2, 0) is 4.79 Å². The first-order chi connectivity index (χ1) is 4.34. The summed E-state index contributed by atoms with van der Waals surface area (Å²) in [6.45, 7) is 0. The Morgan fingerprint density at radius 2 is 2.56 bits per heavy atom. The minimum atomic E-state index is 0.0571. The molecule has 1 heterocycles. The van der Waals surface area contributed by atoms with E-state index >= 15 is 0 Å². The van der Waals surface area contributed by atoms with Crippen LogP contribution >= 0.6 is 10.7 Å². The summed E-state index contributed by atoms with van der Waals surface area (Å²) < 4.78 is 2.05. The third-order valence-corrected chi connectivity index (χ3v) is 2.95. The Morgan fingerprint density at radius 3 is 3.00 bits per heavy atom. The quantitative estimate of drug-likeness (QED) is 0.417. The highest BCUT2D eigenvalue weighted by molar-refractivity contribution is 8.13. The monoisotopic (exact) mass is 143 g/mol. The number of hydrogen-bond acceptors (Lipinski definition) is 2. The topological polar surface area (TPSA) is 20.3 Å². The van der Waals surface area contributed by atoms with Gasteiger partial charge in [-0.1, -0.05) is 10.7 Å². The minimum Gasteiger partial charge on any atom is -0.332 e. The highest BCUT2D eigenvalue weighted by Gasteiger charge is 2.00. The number of aldehydes is 1. The van der Waals surface area contributed by atoms with Crippen molar-refractivity contribution in [2.45, 2.75) is 0 Å². The summed E-state index contributed by atoms with van der Waals surface area (Å²) in [7, 11) is 2.04. The molecule has 0 saturated heterocycles. The Labute approximate surface area is 57.2 Å². The van der Waals surface area contributed by atoms with Gasteiger partial charge in [0.25, 0.3) is 0 Å². The molecule has 0 radical (unpaired) electrons. The van der Waals surface area contributed by atoms with Crippen LogP contribution in [0, 0.1) is 0 Å². The van der Waals surface area contributed by atoms with Gasteiger partial charge in [0.1, 0.15) is 6.29 Å². The van der Waals surface area contributed by atoms with Crippen molar-refractivity contribution in [2.75, 3.05) is 12.8 Å². The van der Waals surface area contributed by atoms with Crippen LogP contribution < -0.4 is 0 Å². The van der Waals surface area contributed by atoms with Gasteiger partial charge in [0.15, 0.2) is 0 Å². The Kier molecular flexibility index (Phi) is 2.05. The number of rotatable bonds is 2. The summed E-state index contributed by atoms with van der Waals surface area (Å²) in [6.07, 6.45) is 4.92. The third kappa shape index (κ3) is 1.42. The van der Waals surface area contributed by atoms with Crippen LogP contribution in [0.15, 0.2) is 12.3 Å². The molecular formula is C6H9NOS. The van der Waals surface area contributed by atoms with Crippen molar-refractivity contribution in [1.82, 2.24) is 4.31 Å². The average Bonchev–Trinajstić information content (AvgIpc) is 2.18. The van der Waals surface area contributed by atoms with E-state index in [-0.39, 0.29) is 10.7 Å². The first-order valence-electron chi connectivity index (χ1n) is 2.72. The van der Waals surface area contributed by atoms with Crippen molar-refractivity contribution in [1.29, 1.82) is 0 Å². The van der Waals surface area contributed by atoms with Gasteiger partial charge >= 0.3 is 0 Å². The van der Waals surface area contributed by atoms with Crippen molar-refractivity contribution in [3.05, 3.63) is 12.3 Å². The van der Waals surface area contributed by atoms with Gasteiger partial charge in [-0.2, -0.15) is 0 Å². The lowest BCUT2D eigenvalue weighted by Gasteiger charge is -2.11. The number of allylic oxidation sites excluding steroid dienone is 1. The van der Waals surface area contributed by atoms with Gasteiger partial charge in [0.2, 0.25) is 0 Å². The molecule has 0 aliphatic carbocycles. The van der Waals surface area contributed by atoms with E-state index in [2.05, 4.69) is 9.67 Å². The summed E-state index contributed by atoms with van der Waals surface area (Å²) in [5.74, 6) is 0.628. The number of nitrogens with zero attached hydrogens (tertiary/aromatic N) is 1. The largest absolute Gasteiger partial charge is 0.332 e. The zero-order valence-electron chi connectivity index (χ0n) is 5.28. The first-order valence-corrected chi connectivity index (χ1v) is 4.14. The van der Waals surface area contributed by atoms with Gasteiger partial charge in [0.05, 0.1) is 5.75 Å². The van der Waals surface area contributed by atoms with E-state index in [1.165, 1.54) is 0 Å². The lowest BCUT2D eigenvalue weighted by Crippen LogP contribution is -2.01. The van der Waals surface area contributed by atoms with Crippen molar-refractivity contribution < 1.29 is 4.79 Å². The summed E-state index contributed by atoms with van der Waals surface area (Å²) in [5.41, 5.74) is 0. The molecule has 1 rings (SSSR count). The molecule has 0 N–H and O–H groups in total. The lowest BCUT2D eigenvalue weighted by atomic mass is 10.7. The molecule has 9 heavy (non-hydrogen) atoms. The molecule has 1 aliphatic heterocycles. The SMILES string of the molecule is CN1C=CC=S1CC=O. The molecule has 1 unspecified atom stereocenters. The number of hydrogen-bond donors (Lipinski definition) is 0. The fourth-order valence-electron chi connectivity index (χ4n) is 0.664. The molecule has 3 heteroatoms. The Balaban J connectivity index is 2.53. The van der Waals surface area contributed by atoms with Gasteiger partial charge in [0, 0.05) is 13.2 Å². The highest BCUT2D eigenvalue weighted by Crippen LogP contribution is 2.19. The maximum Gasteiger partial charge on any atom is 0.131 e. The van der Waals surface area contributed by atoms with E-state index in [0.29, 0.717) is 5.75 Å². The van der Waals surface area contributed by atoms with Crippen molar-refractivity contribution in [3.8, 4) is 0 Å². The van der Waals surface area contributed by atoms with E-state index in [4.69, 9.17) is 0 Å².